The largest absolute Gasteiger partial charge is 0.357 e. The smallest absolute Gasteiger partial charge is 0.299 e. The molecule has 1 aliphatic heterocycles. The number of non-ortho nitro benzene ring substituents is 1. The van der Waals surface area contributed by atoms with Crippen molar-refractivity contribution in [2.75, 3.05) is 11.4 Å². The Morgan fingerprint density at radius 3 is 2.65 bits per heavy atom. The first-order valence-corrected chi connectivity index (χ1v) is 8.91. The minimum absolute atomic E-state index is 0.0624. The number of anilines is 1. The highest BCUT2D eigenvalue weighted by Crippen LogP contribution is 2.43. The zero-order chi connectivity index (χ0) is 18.3. The molecule has 0 radical (unpaired) electrons. The Hall–Kier alpha value is -3.07. The lowest BCUT2D eigenvalue weighted by atomic mass is 10.2. The summed E-state index contributed by atoms with van der Waals surface area (Å²) in [7, 11) is 0. The van der Waals surface area contributed by atoms with Crippen LogP contribution in [-0.2, 0) is 0 Å². The van der Waals surface area contributed by atoms with Gasteiger partial charge in [-0.05, 0) is 31.0 Å². The van der Waals surface area contributed by atoms with Crippen LogP contribution in [0.5, 0.6) is 0 Å². The fraction of sp³-hybridized carbons (Fsp3) is 0.235. The molecule has 26 heavy (non-hydrogen) atoms. The van der Waals surface area contributed by atoms with Crippen molar-refractivity contribution in [1.82, 2.24) is 4.98 Å². The fourth-order valence-electron chi connectivity index (χ4n) is 3.36. The maximum absolute atomic E-state index is 11.5. The molecule has 1 aromatic heterocycles. The number of para-hydroxylation sites is 1. The van der Waals surface area contributed by atoms with Crippen molar-refractivity contribution < 1.29 is 9.85 Å². The highest BCUT2D eigenvalue weighted by molar-refractivity contribution is 7.18. The Kier molecular flexibility index (Phi) is 4.00. The Morgan fingerprint density at radius 2 is 1.92 bits per heavy atom. The van der Waals surface area contributed by atoms with Gasteiger partial charge in [0.2, 0.25) is 0 Å². The zero-order valence-corrected chi connectivity index (χ0v) is 14.4. The molecule has 1 aliphatic rings. The molecule has 0 amide bonds. The van der Waals surface area contributed by atoms with Crippen molar-refractivity contribution in [3.8, 4) is 0 Å². The van der Waals surface area contributed by atoms with Crippen LogP contribution in [0, 0.1) is 20.2 Å². The van der Waals surface area contributed by atoms with Crippen LogP contribution in [0.1, 0.15) is 23.9 Å². The summed E-state index contributed by atoms with van der Waals surface area (Å²) in [5.41, 5.74) is 0.795. The first kappa shape index (κ1) is 16.4. The van der Waals surface area contributed by atoms with E-state index < -0.39 is 9.85 Å². The van der Waals surface area contributed by atoms with Crippen molar-refractivity contribution in [2.24, 2.45) is 0 Å². The maximum Gasteiger partial charge on any atom is 0.299 e. The fourth-order valence-corrected chi connectivity index (χ4v) is 4.47. The standard InChI is InChI=1S/C17H14N4O4S/c22-20(23)11-7-8-13(15(10-11)21(24)25)19-9-3-5-14(19)17-18-12-4-1-2-6-16(12)26-17/h1-2,4,6-8,10,14H,3,5,9H2. The van der Waals surface area contributed by atoms with Gasteiger partial charge >= 0.3 is 0 Å². The van der Waals surface area contributed by atoms with E-state index in [0.29, 0.717) is 12.2 Å². The van der Waals surface area contributed by atoms with Gasteiger partial charge in [0.05, 0.1) is 32.2 Å². The summed E-state index contributed by atoms with van der Waals surface area (Å²) in [6.45, 7) is 0.652. The molecular weight excluding hydrogens is 356 g/mol. The molecule has 0 aliphatic carbocycles. The van der Waals surface area contributed by atoms with Gasteiger partial charge in [0.25, 0.3) is 11.4 Å². The number of nitro benzene ring substituents is 2. The van der Waals surface area contributed by atoms with Gasteiger partial charge in [-0.15, -0.1) is 11.3 Å². The molecule has 4 rings (SSSR count). The minimum atomic E-state index is -0.619. The van der Waals surface area contributed by atoms with E-state index in [9.17, 15) is 20.2 Å². The van der Waals surface area contributed by atoms with Gasteiger partial charge in [-0.3, -0.25) is 20.2 Å². The Labute approximate surface area is 152 Å². The van der Waals surface area contributed by atoms with E-state index in [2.05, 4.69) is 4.98 Å². The van der Waals surface area contributed by atoms with Crippen LogP contribution < -0.4 is 4.90 Å². The van der Waals surface area contributed by atoms with E-state index in [1.54, 1.807) is 11.3 Å². The topological polar surface area (TPSA) is 102 Å². The molecule has 0 N–H and O–H groups in total. The molecule has 1 saturated heterocycles. The van der Waals surface area contributed by atoms with E-state index in [1.807, 2.05) is 29.2 Å². The van der Waals surface area contributed by atoms with E-state index in [4.69, 9.17) is 0 Å². The van der Waals surface area contributed by atoms with Gasteiger partial charge in [0, 0.05) is 12.6 Å². The maximum atomic E-state index is 11.5. The number of nitrogens with zero attached hydrogens (tertiary/aromatic N) is 4. The summed E-state index contributed by atoms with van der Waals surface area (Å²) in [6, 6.07) is 11.6. The predicted molar refractivity (Wildman–Crippen MR) is 98.7 cm³/mol. The second kappa shape index (κ2) is 6.34. The highest BCUT2D eigenvalue weighted by Gasteiger charge is 2.33. The molecule has 1 atom stereocenters. The van der Waals surface area contributed by atoms with Crippen LogP contribution in [-0.4, -0.2) is 21.4 Å². The number of thiazole rings is 1. The molecule has 2 aromatic carbocycles. The van der Waals surface area contributed by atoms with Gasteiger partial charge in [-0.1, -0.05) is 12.1 Å². The molecule has 0 spiro atoms. The van der Waals surface area contributed by atoms with Gasteiger partial charge in [-0.25, -0.2) is 4.98 Å². The SMILES string of the molecule is O=[N+]([O-])c1ccc(N2CCCC2c2nc3ccccc3s2)c([N+](=O)[O-])c1. The van der Waals surface area contributed by atoms with Gasteiger partial charge in [-0.2, -0.15) is 0 Å². The molecule has 8 nitrogen and oxygen atoms in total. The molecule has 2 heterocycles. The number of rotatable bonds is 4. The predicted octanol–water partition coefficient (Wildman–Crippen LogP) is 4.45. The van der Waals surface area contributed by atoms with Crippen molar-refractivity contribution in [1.29, 1.82) is 0 Å². The number of aromatic nitrogens is 1. The van der Waals surface area contributed by atoms with Crippen molar-refractivity contribution in [2.45, 2.75) is 18.9 Å². The third-order valence-electron chi connectivity index (χ3n) is 4.52. The quantitative estimate of drug-likeness (QED) is 0.496. The van der Waals surface area contributed by atoms with Crippen LogP contribution in [0.4, 0.5) is 17.1 Å². The zero-order valence-electron chi connectivity index (χ0n) is 13.6. The molecule has 9 heteroatoms. The second-order valence-corrected chi connectivity index (χ2v) is 7.12. The molecule has 1 fully saturated rings. The number of fused-ring (bicyclic) bond motifs is 1. The average molecular weight is 370 g/mol. The van der Waals surface area contributed by atoms with Crippen LogP contribution >= 0.6 is 11.3 Å². The number of hydrogen-bond donors (Lipinski definition) is 0. The van der Waals surface area contributed by atoms with Gasteiger partial charge < -0.3 is 4.90 Å². The Bertz CT molecular complexity index is 986. The molecule has 0 saturated carbocycles. The highest BCUT2D eigenvalue weighted by atomic mass is 32.1. The lowest BCUT2D eigenvalue weighted by Gasteiger charge is -2.24. The summed E-state index contributed by atoms with van der Waals surface area (Å²) >= 11 is 1.58. The lowest BCUT2D eigenvalue weighted by Crippen LogP contribution is -2.23. The van der Waals surface area contributed by atoms with E-state index in [0.717, 1.165) is 34.1 Å². The number of benzene rings is 2. The normalized spacial score (nSPS) is 16.9. The molecule has 132 valence electrons. The third kappa shape index (κ3) is 2.76. The van der Waals surface area contributed by atoms with Crippen molar-refractivity contribution in [3.63, 3.8) is 0 Å². The van der Waals surface area contributed by atoms with E-state index in [-0.39, 0.29) is 17.4 Å². The summed E-state index contributed by atoms with van der Waals surface area (Å²) in [4.78, 5) is 27.9. The summed E-state index contributed by atoms with van der Waals surface area (Å²) in [5, 5.41) is 23.3. The van der Waals surface area contributed by atoms with E-state index >= 15 is 0 Å². The number of hydrogen-bond acceptors (Lipinski definition) is 7. The van der Waals surface area contributed by atoms with Crippen LogP contribution in [0.3, 0.4) is 0 Å². The molecule has 1 unspecified atom stereocenters. The summed E-state index contributed by atoms with van der Waals surface area (Å²) in [5.74, 6) is 0. The first-order valence-electron chi connectivity index (χ1n) is 8.09. The monoisotopic (exact) mass is 370 g/mol. The first-order chi connectivity index (χ1) is 12.5. The third-order valence-corrected chi connectivity index (χ3v) is 5.66. The van der Waals surface area contributed by atoms with Crippen molar-refractivity contribution in [3.05, 3.63) is 67.7 Å². The number of nitro groups is 2. The van der Waals surface area contributed by atoms with Crippen LogP contribution in [0.25, 0.3) is 10.2 Å². The average Bonchev–Trinajstić information content (AvgIpc) is 3.27. The van der Waals surface area contributed by atoms with Gasteiger partial charge in [0.1, 0.15) is 10.7 Å². The lowest BCUT2D eigenvalue weighted by molar-refractivity contribution is -0.393. The van der Waals surface area contributed by atoms with E-state index in [1.165, 1.54) is 12.1 Å². The summed E-state index contributed by atoms with van der Waals surface area (Å²) in [6.07, 6.45) is 1.72. The minimum Gasteiger partial charge on any atom is -0.357 e. The summed E-state index contributed by atoms with van der Waals surface area (Å²) < 4.78 is 1.08. The second-order valence-electron chi connectivity index (χ2n) is 6.06. The Balaban J connectivity index is 1.76. The molecule has 0 bridgehead atoms. The van der Waals surface area contributed by atoms with Crippen molar-refractivity contribution >= 4 is 38.6 Å². The van der Waals surface area contributed by atoms with Crippen LogP contribution in [0.15, 0.2) is 42.5 Å². The van der Waals surface area contributed by atoms with Crippen LogP contribution in [0.2, 0.25) is 0 Å². The molecular formula is C17H14N4O4S. The van der Waals surface area contributed by atoms with Gasteiger partial charge in [0.15, 0.2) is 0 Å². The Morgan fingerprint density at radius 1 is 1.12 bits per heavy atom. The molecule has 3 aromatic rings.